The van der Waals surface area contributed by atoms with Crippen LogP contribution in [0.25, 0.3) is 11.3 Å². The van der Waals surface area contributed by atoms with Gasteiger partial charge in [0.2, 0.25) is 10.0 Å². The smallest absolute Gasteiger partial charge is 0.410 e. The van der Waals surface area contributed by atoms with E-state index in [9.17, 15) is 22.4 Å². The van der Waals surface area contributed by atoms with Crippen LogP contribution < -0.4 is 10.3 Å². The zero-order chi connectivity index (χ0) is 27.5. The van der Waals surface area contributed by atoms with Gasteiger partial charge in [0.25, 0.3) is 5.91 Å². The molecule has 1 saturated carbocycles. The highest BCUT2D eigenvalue weighted by molar-refractivity contribution is 7.89. The fourth-order valence-corrected chi connectivity index (χ4v) is 5.69. The molecule has 2 amide bonds. The number of ether oxygens (including phenoxy) is 1. The Morgan fingerprint density at radius 1 is 1.24 bits per heavy atom. The van der Waals surface area contributed by atoms with E-state index in [1.807, 2.05) is 0 Å². The van der Waals surface area contributed by atoms with E-state index >= 15 is 0 Å². The third kappa shape index (κ3) is 7.89. The molecule has 1 fully saturated rings. The largest absolute Gasteiger partial charge is 0.444 e. The number of nitrogens with zero attached hydrogens (tertiary/aromatic N) is 3. The lowest BCUT2D eigenvalue weighted by atomic mass is 9.87. The summed E-state index contributed by atoms with van der Waals surface area (Å²) < 4.78 is 46.9. The van der Waals surface area contributed by atoms with E-state index in [1.165, 1.54) is 12.1 Å². The van der Waals surface area contributed by atoms with Crippen molar-refractivity contribution in [3.63, 3.8) is 0 Å². The quantitative estimate of drug-likeness (QED) is 0.498. The van der Waals surface area contributed by atoms with Gasteiger partial charge in [-0.3, -0.25) is 10.2 Å². The number of aryl methyl sites for hydroxylation is 1. The van der Waals surface area contributed by atoms with Crippen LogP contribution in [-0.2, 0) is 21.8 Å². The molecule has 0 atom stereocenters. The van der Waals surface area contributed by atoms with Gasteiger partial charge in [0.05, 0.1) is 28.4 Å². The second-order valence-corrected chi connectivity index (χ2v) is 12.5. The Kier molecular flexibility index (Phi) is 8.86. The van der Waals surface area contributed by atoms with E-state index in [0.717, 1.165) is 0 Å². The van der Waals surface area contributed by atoms with Crippen molar-refractivity contribution in [3.8, 4) is 11.3 Å². The zero-order valence-corrected chi connectivity index (χ0v) is 23.1. The standard InChI is InChI=1S/C24H33ClFN5O5S/c1-24(2,3)36-23(33)31(5)17-8-6-15(7-9-17)13-37(34,35)29-28-22(32)18-10-16(11-19(25)21(18)26)20-12-30(4)14-27-20/h10-12,14-15,17,29H,6-9,13H2,1-5H3,(H,28,32). The number of carbonyl (C=O) groups is 2. The number of benzene rings is 1. The average Bonchev–Trinajstić information content (AvgIpc) is 3.24. The van der Waals surface area contributed by atoms with Crippen molar-refractivity contribution in [2.24, 2.45) is 13.0 Å². The summed E-state index contributed by atoms with van der Waals surface area (Å²) in [6, 6.07) is 2.56. The van der Waals surface area contributed by atoms with Gasteiger partial charge < -0.3 is 14.2 Å². The molecule has 1 aliphatic carbocycles. The maximum atomic E-state index is 14.6. The predicted octanol–water partition coefficient (Wildman–Crippen LogP) is 3.87. The van der Waals surface area contributed by atoms with Gasteiger partial charge in [-0.15, -0.1) is 4.83 Å². The minimum Gasteiger partial charge on any atom is -0.444 e. The molecule has 0 spiro atoms. The van der Waals surface area contributed by atoms with Crippen LogP contribution in [-0.4, -0.2) is 59.3 Å². The van der Waals surface area contributed by atoms with Crippen LogP contribution in [0.2, 0.25) is 5.02 Å². The topological polar surface area (TPSA) is 123 Å². The van der Waals surface area contributed by atoms with Gasteiger partial charge in [-0.25, -0.2) is 22.6 Å². The van der Waals surface area contributed by atoms with Crippen molar-refractivity contribution < 1.29 is 27.1 Å². The van der Waals surface area contributed by atoms with E-state index in [4.69, 9.17) is 16.3 Å². The third-order valence-electron chi connectivity index (χ3n) is 6.09. The van der Waals surface area contributed by atoms with Crippen molar-refractivity contribution in [3.05, 3.63) is 41.1 Å². The molecule has 2 aromatic rings. The summed E-state index contributed by atoms with van der Waals surface area (Å²) in [4.78, 5) is 32.7. The normalized spacial score (nSPS) is 18.4. The maximum Gasteiger partial charge on any atom is 0.410 e. The van der Waals surface area contributed by atoms with Crippen LogP contribution in [0, 0.1) is 11.7 Å². The van der Waals surface area contributed by atoms with Crippen molar-refractivity contribution >= 4 is 33.6 Å². The Labute approximate surface area is 221 Å². The summed E-state index contributed by atoms with van der Waals surface area (Å²) in [5.41, 5.74) is 1.95. The molecule has 37 heavy (non-hydrogen) atoms. The van der Waals surface area contributed by atoms with Gasteiger partial charge in [0.1, 0.15) is 5.60 Å². The first-order valence-electron chi connectivity index (χ1n) is 11.9. The fourth-order valence-electron chi connectivity index (χ4n) is 4.19. The monoisotopic (exact) mass is 557 g/mol. The van der Waals surface area contributed by atoms with Crippen LogP contribution in [0.1, 0.15) is 56.8 Å². The lowest BCUT2D eigenvalue weighted by molar-refractivity contribution is 0.0175. The number of nitrogens with one attached hydrogen (secondary N) is 2. The predicted molar refractivity (Wildman–Crippen MR) is 138 cm³/mol. The van der Waals surface area contributed by atoms with Crippen molar-refractivity contribution in [2.75, 3.05) is 12.8 Å². The molecule has 1 heterocycles. The van der Waals surface area contributed by atoms with Gasteiger partial charge in [-0.2, -0.15) is 0 Å². The number of halogens is 2. The molecule has 1 aromatic heterocycles. The summed E-state index contributed by atoms with van der Waals surface area (Å²) in [7, 11) is -0.461. The molecule has 13 heteroatoms. The van der Waals surface area contributed by atoms with Crippen molar-refractivity contribution in [1.29, 1.82) is 0 Å². The van der Waals surface area contributed by atoms with Crippen LogP contribution in [0.3, 0.4) is 0 Å². The van der Waals surface area contributed by atoms with Crippen LogP contribution in [0.4, 0.5) is 9.18 Å². The van der Waals surface area contributed by atoms with Gasteiger partial charge in [0.15, 0.2) is 5.82 Å². The molecular weight excluding hydrogens is 525 g/mol. The van der Waals surface area contributed by atoms with E-state index in [-0.39, 0.29) is 22.7 Å². The highest BCUT2D eigenvalue weighted by Crippen LogP contribution is 2.29. The molecular formula is C24H33ClFN5O5S. The summed E-state index contributed by atoms with van der Waals surface area (Å²) >= 11 is 5.96. The zero-order valence-electron chi connectivity index (χ0n) is 21.5. The summed E-state index contributed by atoms with van der Waals surface area (Å²) in [6.45, 7) is 5.39. The van der Waals surface area contributed by atoms with Crippen LogP contribution >= 0.6 is 11.6 Å². The number of aromatic nitrogens is 2. The van der Waals surface area contributed by atoms with Crippen molar-refractivity contribution in [2.45, 2.75) is 58.1 Å². The second-order valence-electron chi connectivity index (χ2n) is 10.3. The number of hydrogen-bond acceptors (Lipinski definition) is 6. The molecule has 3 rings (SSSR count). The molecule has 204 valence electrons. The summed E-state index contributed by atoms with van der Waals surface area (Å²) in [5.74, 6) is -2.32. The van der Waals surface area contributed by atoms with Gasteiger partial charge >= 0.3 is 6.09 Å². The van der Waals surface area contributed by atoms with E-state index < -0.39 is 39.0 Å². The Balaban J connectivity index is 1.56. The minimum atomic E-state index is -3.90. The first-order valence-corrected chi connectivity index (χ1v) is 13.9. The number of hydrogen-bond donors (Lipinski definition) is 2. The molecule has 0 aliphatic heterocycles. The van der Waals surface area contributed by atoms with E-state index in [0.29, 0.717) is 36.9 Å². The fraction of sp³-hybridized carbons (Fsp3) is 0.542. The lowest BCUT2D eigenvalue weighted by Crippen LogP contribution is -2.45. The third-order valence-corrected chi connectivity index (χ3v) is 7.69. The Bertz CT molecular complexity index is 1250. The number of hydrazine groups is 1. The van der Waals surface area contributed by atoms with Gasteiger partial charge in [0, 0.05) is 31.9 Å². The van der Waals surface area contributed by atoms with Crippen LogP contribution in [0.5, 0.6) is 0 Å². The lowest BCUT2D eigenvalue weighted by Gasteiger charge is -2.35. The summed E-state index contributed by atoms with van der Waals surface area (Å²) in [6.07, 6.45) is 5.25. The Hall–Kier alpha value is -2.70. The molecule has 1 aromatic carbocycles. The Morgan fingerprint density at radius 3 is 2.46 bits per heavy atom. The highest BCUT2D eigenvalue weighted by atomic mass is 35.5. The number of amides is 2. The maximum absolute atomic E-state index is 14.6. The molecule has 10 nitrogen and oxygen atoms in total. The molecule has 0 bridgehead atoms. The molecule has 0 saturated heterocycles. The summed E-state index contributed by atoms with van der Waals surface area (Å²) in [5, 5.41) is -0.288. The number of sulfonamides is 1. The average molecular weight is 558 g/mol. The SMILES string of the molecule is CN(C(=O)OC(C)(C)C)C1CCC(CS(=O)(=O)NNC(=O)c2cc(-c3cn(C)cn3)cc(Cl)c2F)CC1. The number of rotatable bonds is 7. The van der Waals surface area contributed by atoms with Crippen molar-refractivity contribution in [1.82, 2.24) is 24.7 Å². The molecule has 0 unspecified atom stereocenters. The van der Waals surface area contributed by atoms with Crippen LogP contribution in [0.15, 0.2) is 24.7 Å². The molecule has 1 aliphatic rings. The Morgan fingerprint density at radius 2 is 1.89 bits per heavy atom. The highest BCUT2D eigenvalue weighted by Gasteiger charge is 2.31. The molecule has 0 radical (unpaired) electrons. The minimum absolute atomic E-state index is 0.0411. The number of imidazole rings is 1. The molecule has 2 N–H and O–H groups in total. The first-order chi connectivity index (χ1) is 17.1. The van der Waals surface area contributed by atoms with E-state index in [1.54, 1.807) is 56.9 Å². The van der Waals surface area contributed by atoms with E-state index in [2.05, 4.69) is 15.2 Å². The first kappa shape index (κ1) is 28.9. The van der Waals surface area contributed by atoms with Gasteiger partial charge in [-0.05, 0) is 64.5 Å². The van der Waals surface area contributed by atoms with Gasteiger partial charge in [-0.1, -0.05) is 11.6 Å². The second kappa shape index (κ2) is 11.4. The number of carbonyl (C=O) groups excluding carboxylic acids is 2.